The predicted octanol–water partition coefficient (Wildman–Crippen LogP) is 3.19. The summed E-state index contributed by atoms with van der Waals surface area (Å²) in [4.78, 5) is 6.75. The van der Waals surface area contributed by atoms with Crippen LogP contribution in [0.25, 0.3) is 0 Å². The van der Waals surface area contributed by atoms with Crippen molar-refractivity contribution >= 4 is 11.9 Å². The maximum absolute atomic E-state index is 5.82. The van der Waals surface area contributed by atoms with E-state index < -0.39 is 0 Å². The molecule has 0 spiro atoms. The van der Waals surface area contributed by atoms with E-state index in [0.717, 1.165) is 25.2 Å². The number of piperidine rings is 1. The molecule has 5 heteroatoms. The van der Waals surface area contributed by atoms with Crippen molar-refractivity contribution in [2.45, 2.75) is 39.0 Å². The minimum atomic E-state index is 0.750. The third kappa shape index (κ3) is 6.36. The molecule has 4 N–H and O–H groups in total. The lowest BCUT2D eigenvalue weighted by Gasteiger charge is -2.28. The van der Waals surface area contributed by atoms with Gasteiger partial charge < -0.3 is 10.6 Å². The molecule has 5 nitrogen and oxygen atoms in total. The monoisotopic (exact) mass is 341 g/mol. The maximum Gasteiger partial charge on any atom is 0.142 e. The van der Waals surface area contributed by atoms with Gasteiger partial charge in [0.2, 0.25) is 0 Å². The van der Waals surface area contributed by atoms with E-state index in [-0.39, 0.29) is 0 Å². The molecule has 2 aliphatic heterocycles. The van der Waals surface area contributed by atoms with Crippen molar-refractivity contribution in [3.05, 3.63) is 54.0 Å². The normalized spacial score (nSPS) is 18.3. The van der Waals surface area contributed by atoms with Crippen molar-refractivity contribution in [1.82, 2.24) is 5.01 Å². The van der Waals surface area contributed by atoms with Crippen molar-refractivity contribution in [3.63, 3.8) is 0 Å². The summed E-state index contributed by atoms with van der Waals surface area (Å²) in [6.07, 6.45) is 13.5. The smallest absolute Gasteiger partial charge is 0.142 e. The van der Waals surface area contributed by atoms with Crippen molar-refractivity contribution in [2.24, 2.45) is 16.6 Å². The number of aryl methyl sites for hydroxylation is 1. The number of nitrogens with two attached hydrogens (primary N) is 2. The van der Waals surface area contributed by atoms with Gasteiger partial charge in [-0.3, -0.25) is 5.01 Å². The number of anilines is 1. The molecule has 136 valence electrons. The Bertz CT molecular complexity index is 583. The van der Waals surface area contributed by atoms with E-state index in [9.17, 15) is 0 Å². The molecular weight excluding hydrogens is 310 g/mol. The second-order valence-corrected chi connectivity index (χ2v) is 6.25. The van der Waals surface area contributed by atoms with E-state index >= 15 is 0 Å². The highest BCUT2D eigenvalue weighted by molar-refractivity contribution is 5.73. The number of benzene rings is 1. The molecule has 0 aromatic heterocycles. The summed E-state index contributed by atoms with van der Waals surface area (Å²) >= 11 is 0. The van der Waals surface area contributed by atoms with Crippen LogP contribution in [0.3, 0.4) is 0 Å². The SMILES string of the molecule is CCN.NN1C=CC=N/C1=C/CCc1ccc(N2CCCCC2)cc1. The molecule has 25 heavy (non-hydrogen) atoms. The minimum absolute atomic E-state index is 0.750. The first-order valence-electron chi connectivity index (χ1n) is 9.23. The lowest BCUT2D eigenvalue weighted by Crippen LogP contribution is -2.29. The number of rotatable bonds is 4. The molecule has 2 heterocycles. The highest BCUT2D eigenvalue weighted by atomic mass is 15.4. The van der Waals surface area contributed by atoms with Crippen LogP contribution in [0.15, 0.2) is 53.4 Å². The lowest BCUT2D eigenvalue weighted by molar-refractivity contribution is 0.481. The van der Waals surface area contributed by atoms with E-state index in [1.165, 1.54) is 43.6 Å². The number of hydrogen-bond acceptors (Lipinski definition) is 5. The predicted molar refractivity (Wildman–Crippen MR) is 107 cm³/mol. The van der Waals surface area contributed by atoms with Gasteiger partial charge in [0.15, 0.2) is 0 Å². The molecule has 0 saturated carbocycles. The molecule has 0 radical (unpaired) electrons. The molecular formula is C20H31N5. The molecule has 3 rings (SSSR count). The molecule has 0 amide bonds. The van der Waals surface area contributed by atoms with Gasteiger partial charge in [-0.1, -0.05) is 19.1 Å². The molecule has 2 aliphatic rings. The summed E-state index contributed by atoms with van der Waals surface area (Å²) in [5, 5.41) is 1.56. The summed E-state index contributed by atoms with van der Waals surface area (Å²) in [7, 11) is 0. The Kier molecular flexibility index (Phi) is 8.22. The largest absolute Gasteiger partial charge is 0.372 e. The Balaban J connectivity index is 0.000000701. The van der Waals surface area contributed by atoms with Crippen LogP contribution in [0.2, 0.25) is 0 Å². The summed E-state index contributed by atoms with van der Waals surface area (Å²) < 4.78 is 0. The van der Waals surface area contributed by atoms with Crippen LogP contribution in [-0.4, -0.2) is 30.9 Å². The highest BCUT2D eigenvalue weighted by Crippen LogP contribution is 2.20. The van der Waals surface area contributed by atoms with Gasteiger partial charge in [0.25, 0.3) is 0 Å². The highest BCUT2D eigenvalue weighted by Gasteiger charge is 2.10. The third-order valence-corrected chi connectivity index (χ3v) is 4.22. The van der Waals surface area contributed by atoms with Crippen molar-refractivity contribution in [2.75, 3.05) is 24.5 Å². The maximum atomic E-state index is 5.82. The van der Waals surface area contributed by atoms with Crippen LogP contribution >= 0.6 is 0 Å². The fourth-order valence-electron chi connectivity index (χ4n) is 2.95. The van der Waals surface area contributed by atoms with E-state index in [1.807, 2.05) is 19.2 Å². The average molecular weight is 342 g/mol. The van der Waals surface area contributed by atoms with Gasteiger partial charge in [-0.2, -0.15) is 0 Å². The summed E-state index contributed by atoms with van der Waals surface area (Å²) in [6.45, 7) is 5.05. The Morgan fingerprint density at radius 2 is 1.80 bits per heavy atom. The molecule has 0 aliphatic carbocycles. The zero-order valence-corrected chi connectivity index (χ0v) is 15.3. The fraction of sp³-hybridized carbons (Fsp3) is 0.450. The van der Waals surface area contributed by atoms with E-state index in [4.69, 9.17) is 11.6 Å². The van der Waals surface area contributed by atoms with Crippen LogP contribution in [0.1, 0.15) is 38.2 Å². The molecule has 0 unspecified atom stereocenters. The quantitative estimate of drug-likeness (QED) is 0.825. The minimum Gasteiger partial charge on any atom is -0.372 e. The second-order valence-electron chi connectivity index (χ2n) is 6.25. The Morgan fingerprint density at radius 1 is 1.12 bits per heavy atom. The zero-order chi connectivity index (χ0) is 17.9. The summed E-state index contributed by atoms with van der Waals surface area (Å²) in [6, 6.07) is 8.99. The van der Waals surface area contributed by atoms with Crippen LogP contribution in [0.5, 0.6) is 0 Å². The number of allylic oxidation sites excluding steroid dienone is 2. The number of hydrogen-bond donors (Lipinski definition) is 2. The van der Waals surface area contributed by atoms with Crippen molar-refractivity contribution < 1.29 is 0 Å². The number of nitrogens with zero attached hydrogens (tertiary/aromatic N) is 3. The van der Waals surface area contributed by atoms with Crippen LogP contribution < -0.4 is 16.5 Å². The average Bonchev–Trinajstić information content (AvgIpc) is 2.65. The Morgan fingerprint density at radius 3 is 2.44 bits per heavy atom. The van der Waals surface area contributed by atoms with E-state index in [2.05, 4.69) is 40.2 Å². The van der Waals surface area contributed by atoms with Gasteiger partial charge in [-0.25, -0.2) is 10.8 Å². The van der Waals surface area contributed by atoms with Crippen LogP contribution in [-0.2, 0) is 6.42 Å². The third-order valence-electron chi connectivity index (χ3n) is 4.22. The molecule has 1 aromatic carbocycles. The van der Waals surface area contributed by atoms with Gasteiger partial charge in [0, 0.05) is 31.2 Å². The standard InChI is InChI=1S/C18H24N4.C2H7N/c19-22-15-5-12-20-18(22)7-4-6-16-8-10-17(11-9-16)21-13-2-1-3-14-21;1-2-3/h5,7-12,15H,1-4,6,13-14,19H2;2-3H2,1H3/b18-7-;. The first-order chi connectivity index (χ1) is 12.2. The van der Waals surface area contributed by atoms with Crippen LogP contribution in [0, 0.1) is 0 Å². The fourth-order valence-corrected chi connectivity index (χ4v) is 2.95. The zero-order valence-electron chi connectivity index (χ0n) is 15.3. The molecule has 1 aromatic rings. The first kappa shape index (κ1) is 19.2. The van der Waals surface area contributed by atoms with Gasteiger partial charge in [-0.05, 0) is 68.5 Å². The van der Waals surface area contributed by atoms with Crippen molar-refractivity contribution in [3.8, 4) is 0 Å². The molecule has 0 atom stereocenters. The Hall–Kier alpha value is -2.11. The van der Waals surface area contributed by atoms with Crippen LogP contribution in [0.4, 0.5) is 5.69 Å². The Labute approximate surface area is 151 Å². The van der Waals surface area contributed by atoms with E-state index in [1.54, 1.807) is 11.2 Å². The second kappa shape index (κ2) is 10.7. The number of hydrazine groups is 1. The number of aliphatic imine (C=N–C) groups is 1. The molecule has 1 saturated heterocycles. The van der Waals surface area contributed by atoms with E-state index in [0.29, 0.717) is 0 Å². The van der Waals surface area contributed by atoms with Gasteiger partial charge in [0.1, 0.15) is 5.82 Å². The first-order valence-corrected chi connectivity index (χ1v) is 9.23. The van der Waals surface area contributed by atoms with Gasteiger partial charge >= 0.3 is 0 Å². The van der Waals surface area contributed by atoms with Gasteiger partial charge in [-0.15, -0.1) is 0 Å². The summed E-state index contributed by atoms with van der Waals surface area (Å²) in [5.74, 6) is 6.63. The topological polar surface area (TPSA) is 70.9 Å². The lowest BCUT2D eigenvalue weighted by atomic mass is 10.1. The molecule has 1 fully saturated rings. The molecule has 0 bridgehead atoms. The van der Waals surface area contributed by atoms with Gasteiger partial charge in [0.05, 0.1) is 0 Å². The van der Waals surface area contributed by atoms with Crippen molar-refractivity contribution in [1.29, 1.82) is 0 Å². The summed E-state index contributed by atoms with van der Waals surface area (Å²) in [5.41, 5.74) is 7.56.